The Morgan fingerprint density at radius 2 is 1.48 bits per heavy atom. The molecule has 1 fully saturated rings. The fraction of sp³-hybridized carbons (Fsp3) is 0.261. The van der Waals surface area contributed by atoms with Crippen LogP contribution < -0.4 is 0 Å². The number of hydrogen-bond acceptors (Lipinski definition) is 1. The highest BCUT2D eigenvalue weighted by Gasteiger charge is 2.33. The minimum Gasteiger partial charge on any atom is -0.256 e. The zero-order chi connectivity index (χ0) is 16.8. The van der Waals surface area contributed by atoms with E-state index in [1.54, 1.807) is 5.56 Å². The lowest BCUT2D eigenvalue weighted by Crippen LogP contribution is -2.21. The maximum atomic E-state index is 4.80. The highest BCUT2D eigenvalue weighted by atomic mass is 79.9. The first-order valence-corrected chi connectivity index (χ1v) is 9.94. The van der Waals surface area contributed by atoms with Crippen molar-refractivity contribution in [2.45, 2.75) is 37.5 Å². The molecule has 1 aromatic heterocycles. The molecule has 0 unspecified atom stereocenters. The Balaban J connectivity index is 1.54. The third-order valence-electron chi connectivity index (χ3n) is 5.92. The summed E-state index contributed by atoms with van der Waals surface area (Å²) in [5, 5.41) is 0. The smallest absolute Gasteiger partial charge is 0.0705 e. The van der Waals surface area contributed by atoms with Crippen molar-refractivity contribution < 1.29 is 0 Å². The lowest BCUT2D eigenvalue weighted by atomic mass is 9.67. The van der Waals surface area contributed by atoms with E-state index in [-0.39, 0.29) is 0 Å². The van der Waals surface area contributed by atoms with Crippen LogP contribution in [0, 0.1) is 0 Å². The first-order valence-electron chi connectivity index (χ1n) is 9.15. The normalized spacial score (nSPS) is 21.2. The highest BCUT2D eigenvalue weighted by Crippen LogP contribution is 2.49. The molecule has 0 radical (unpaired) electrons. The van der Waals surface area contributed by atoms with Crippen LogP contribution in [-0.4, -0.2) is 4.98 Å². The van der Waals surface area contributed by atoms with E-state index in [1.807, 2.05) is 0 Å². The summed E-state index contributed by atoms with van der Waals surface area (Å²) in [6, 6.07) is 19.5. The Labute approximate surface area is 157 Å². The summed E-state index contributed by atoms with van der Waals surface area (Å²) in [5.74, 6) is 1.52. The third kappa shape index (κ3) is 2.64. The molecule has 0 atom stereocenters. The highest BCUT2D eigenvalue weighted by molar-refractivity contribution is 9.10. The van der Waals surface area contributed by atoms with Gasteiger partial charge >= 0.3 is 0 Å². The predicted octanol–water partition coefficient (Wildman–Crippen LogP) is 6.93. The molecule has 0 spiro atoms. The van der Waals surface area contributed by atoms with Gasteiger partial charge in [0.25, 0.3) is 0 Å². The summed E-state index contributed by atoms with van der Waals surface area (Å²) >= 11 is 3.76. The first kappa shape index (κ1) is 15.3. The molecule has 2 bridgehead atoms. The molecule has 3 aliphatic carbocycles. The molecule has 25 heavy (non-hydrogen) atoms. The van der Waals surface area contributed by atoms with Gasteiger partial charge in [0.05, 0.1) is 5.69 Å². The van der Waals surface area contributed by atoms with Gasteiger partial charge < -0.3 is 0 Å². The van der Waals surface area contributed by atoms with Crippen LogP contribution in [-0.2, 0) is 0 Å². The molecular formula is C23H20BrN. The van der Waals surface area contributed by atoms with Gasteiger partial charge in [0.1, 0.15) is 0 Å². The average molecular weight is 390 g/mol. The maximum absolute atomic E-state index is 4.80. The number of aromatic nitrogens is 1. The van der Waals surface area contributed by atoms with Gasteiger partial charge in [-0.15, -0.1) is 0 Å². The SMILES string of the molecule is Brc1cc(-c2cc3c(cn2)C2CCC3CC2)ccc1-c1ccccc1. The fourth-order valence-electron chi connectivity index (χ4n) is 4.58. The third-order valence-corrected chi connectivity index (χ3v) is 6.58. The minimum absolute atomic E-state index is 0.758. The number of fused-ring (bicyclic) bond motifs is 2. The zero-order valence-electron chi connectivity index (χ0n) is 14.1. The lowest BCUT2D eigenvalue weighted by molar-refractivity contribution is 0.358. The molecule has 3 aromatic rings. The molecule has 6 rings (SSSR count). The molecule has 1 heterocycles. The standard InChI is InChI=1S/C23H20BrN/c24-22-12-18(10-11-19(22)15-4-2-1-3-5-15)23-13-20-16-6-8-17(9-7-16)21(20)14-25-23/h1-5,10-14,16-17H,6-9H2. The van der Waals surface area contributed by atoms with Crippen LogP contribution in [0.3, 0.4) is 0 Å². The van der Waals surface area contributed by atoms with E-state index >= 15 is 0 Å². The molecule has 0 aliphatic heterocycles. The second-order valence-electron chi connectivity index (χ2n) is 7.31. The molecule has 124 valence electrons. The largest absolute Gasteiger partial charge is 0.256 e. The van der Waals surface area contributed by atoms with E-state index in [0.29, 0.717) is 0 Å². The topological polar surface area (TPSA) is 12.9 Å². The predicted molar refractivity (Wildman–Crippen MR) is 107 cm³/mol. The molecule has 3 aliphatic rings. The Kier molecular flexibility index (Phi) is 3.74. The first-order chi connectivity index (χ1) is 12.3. The number of halogens is 1. The monoisotopic (exact) mass is 389 g/mol. The summed E-state index contributed by atoms with van der Waals surface area (Å²) in [6.07, 6.45) is 7.58. The van der Waals surface area contributed by atoms with Gasteiger partial charge in [-0.25, -0.2) is 0 Å². The lowest BCUT2D eigenvalue weighted by Gasteiger charge is -2.38. The second-order valence-corrected chi connectivity index (χ2v) is 8.16. The van der Waals surface area contributed by atoms with Gasteiger partial charge in [0.2, 0.25) is 0 Å². The Morgan fingerprint density at radius 3 is 2.20 bits per heavy atom. The Morgan fingerprint density at radius 1 is 0.760 bits per heavy atom. The van der Waals surface area contributed by atoms with Crippen LogP contribution in [0.2, 0.25) is 0 Å². The fourth-order valence-corrected chi connectivity index (χ4v) is 5.18. The molecule has 2 aromatic carbocycles. The van der Waals surface area contributed by atoms with E-state index in [4.69, 9.17) is 4.98 Å². The van der Waals surface area contributed by atoms with Crippen molar-refractivity contribution in [2.75, 3.05) is 0 Å². The van der Waals surface area contributed by atoms with E-state index in [1.165, 1.54) is 47.9 Å². The van der Waals surface area contributed by atoms with Crippen molar-refractivity contribution in [1.82, 2.24) is 4.98 Å². The summed E-state index contributed by atoms with van der Waals surface area (Å²) < 4.78 is 1.12. The number of pyridine rings is 1. The zero-order valence-corrected chi connectivity index (χ0v) is 15.7. The Bertz CT molecular complexity index is 924. The molecule has 1 saturated carbocycles. The molecular weight excluding hydrogens is 370 g/mol. The molecule has 0 saturated heterocycles. The molecule has 0 amide bonds. The second kappa shape index (κ2) is 6.10. The van der Waals surface area contributed by atoms with Crippen molar-refractivity contribution in [3.05, 3.63) is 76.4 Å². The number of benzene rings is 2. The van der Waals surface area contributed by atoms with Crippen LogP contribution >= 0.6 is 15.9 Å². The number of nitrogens with zero attached hydrogens (tertiary/aromatic N) is 1. The van der Waals surface area contributed by atoms with Crippen molar-refractivity contribution in [2.24, 2.45) is 0 Å². The van der Waals surface area contributed by atoms with Gasteiger partial charge in [-0.1, -0.05) is 58.4 Å². The van der Waals surface area contributed by atoms with Crippen LogP contribution in [0.1, 0.15) is 48.6 Å². The average Bonchev–Trinajstić information content (AvgIpc) is 2.69. The van der Waals surface area contributed by atoms with Crippen molar-refractivity contribution >= 4 is 15.9 Å². The van der Waals surface area contributed by atoms with Crippen molar-refractivity contribution in [3.8, 4) is 22.4 Å². The van der Waals surface area contributed by atoms with Gasteiger partial charge in [-0.3, -0.25) is 4.98 Å². The van der Waals surface area contributed by atoms with Gasteiger partial charge in [-0.05, 0) is 71.9 Å². The minimum atomic E-state index is 0.758. The van der Waals surface area contributed by atoms with Crippen LogP contribution in [0.5, 0.6) is 0 Å². The van der Waals surface area contributed by atoms with E-state index < -0.39 is 0 Å². The maximum Gasteiger partial charge on any atom is 0.0705 e. The van der Waals surface area contributed by atoms with Crippen LogP contribution in [0.15, 0.2) is 65.3 Å². The van der Waals surface area contributed by atoms with E-state index in [0.717, 1.165) is 22.0 Å². The molecule has 1 nitrogen and oxygen atoms in total. The summed E-state index contributed by atoms with van der Waals surface area (Å²) in [6.45, 7) is 0. The van der Waals surface area contributed by atoms with Gasteiger partial charge in [0, 0.05) is 16.2 Å². The van der Waals surface area contributed by atoms with Crippen LogP contribution in [0.4, 0.5) is 0 Å². The summed E-state index contributed by atoms with van der Waals surface area (Å²) in [5.41, 5.74) is 7.84. The molecule has 0 N–H and O–H groups in total. The Hall–Kier alpha value is -1.93. The van der Waals surface area contributed by atoms with Gasteiger partial charge in [-0.2, -0.15) is 0 Å². The summed E-state index contributed by atoms with van der Waals surface area (Å²) in [7, 11) is 0. The molecule has 2 heteroatoms. The van der Waals surface area contributed by atoms with Crippen LogP contribution in [0.25, 0.3) is 22.4 Å². The van der Waals surface area contributed by atoms with E-state index in [2.05, 4.69) is 76.7 Å². The number of rotatable bonds is 2. The summed E-state index contributed by atoms with van der Waals surface area (Å²) in [4.78, 5) is 4.80. The van der Waals surface area contributed by atoms with E-state index in [9.17, 15) is 0 Å². The number of hydrogen-bond donors (Lipinski definition) is 0. The van der Waals surface area contributed by atoms with Crippen molar-refractivity contribution in [3.63, 3.8) is 0 Å². The van der Waals surface area contributed by atoms with Gasteiger partial charge in [0.15, 0.2) is 0 Å². The van der Waals surface area contributed by atoms with Crippen molar-refractivity contribution in [1.29, 1.82) is 0 Å². The quantitative estimate of drug-likeness (QED) is 0.462.